The molecule has 0 radical (unpaired) electrons. The molecule has 0 aliphatic heterocycles. The predicted octanol–water partition coefficient (Wildman–Crippen LogP) is 1.77. The van der Waals surface area contributed by atoms with Crippen LogP contribution in [0.3, 0.4) is 0 Å². The number of ether oxygens (including phenoxy) is 1. The molecule has 7 nitrogen and oxygen atoms in total. The molecule has 0 atom stereocenters. The number of hydroxylamine groups is 1. The maximum atomic E-state index is 11.9. The third kappa shape index (κ3) is 13.8. The van der Waals surface area contributed by atoms with Gasteiger partial charge in [-0.3, -0.25) is 9.59 Å². The summed E-state index contributed by atoms with van der Waals surface area (Å²) in [5.74, 6) is -0.131. The molecular formula is C18H37N3O4. The fraction of sp³-hybridized carbons (Fsp3) is 0.889. The lowest BCUT2D eigenvalue weighted by Gasteiger charge is -2.27. The fourth-order valence-electron chi connectivity index (χ4n) is 1.70. The van der Waals surface area contributed by atoms with Crippen molar-refractivity contribution in [3.05, 3.63) is 0 Å². The molecule has 7 heteroatoms. The van der Waals surface area contributed by atoms with E-state index >= 15 is 0 Å². The topological polar surface area (TPSA) is 88.7 Å². The molecule has 0 rings (SSSR count). The number of rotatable bonds is 10. The number of hydrogen-bond donors (Lipinski definition) is 3. The van der Waals surface area contributed by atoms with Crippen LogP contribution in [0.15, 0.2) is 0 Å². The molecule has 0 bridgehead atoms. The minimum absolute atomic E-state index is 0.00983. The third-order valence-corrected chi connectivity index (χ3v) is 3.24. The quantitative estimate of drug-likeness (QED) is 0.409. The van der Waals surface area contributed by atoms with Crippen molar-refractivity contribution in [1.82, 2.24) is 16.1 Å². The standard InChI is InChI=1S/C18H37N3O4/c1-16(2,3)15(23)19-10-11-20-25-12-9-18(7,8)21-14(22)13-24-17(4,5)6/h20H,9-13H2,1-8H3,(H,19,23)(H,21,22). The lowest BCUT2D eigenvalue weighted by atomic mass is 9.96. The maximum Gasteiger partial charge on any atom is 0.246 e. The van der Waals surface area contributed by atoms with Gasteiger partial charge in [-0.15, -0.1) is 0 Å². The summed E-state index contributed by atoms with van der Waals surface area (Å²) >= 11 is 0. The normalized spacial score (nSPS) is 12.8. The SMILES string of the molecule is CC(C)(CCONCCNC(=O)C(C)(C)C)NC(=O)COC(C)(C)C. The summed E-state index contributed by atoms with van der Waals surface area (Å²) < 4.78 is 5.46. The minimum atomic E-state index is -0.389. The summed E-state index contributed by atoms with van der Waals surface area (Å²) in [4.78, 5) is 28.9. The van der Waals surface area contributed by atoms with Crippen LogP contribution < -0.4 is 16.1 Å². The van der Waals surface area contributed by atoms with Crippen LogP contribution in [-0.4, -0.2) is 49.3 Å². The Bertz CT molecular complexity index is 423. The Morgan fingerprint density at radius 3 is 2.04 bits per heavy atom. The van der Waals surface area contributed by atoms with Crippen LogP contribution in [0.2, 0.25) is 0 Å². The zero-order valence-corrected chi connectivity index (χ0v) is 17.2. The molecule has 0 aliphatic carbocycles. The van der Waals surface area contributed by atoms with Crippen molar-refractivity contribution in [2.45, 2.75) is 73.0 Å². The molecule has 25 heavy (non-hydrogen) atoms. The van der Waals surface area contributed by atoms with E-state index in [0.717, 1.165) is 0 Å². The summed E-state index contributed by atoms with van der Waals surface area (Å²) in [7, 11) is 0. The molecule has 0 saturated heterocycles. The van der Waals surface area contributed by atoms with Gasteiger partial charge in [-0.05, 0) is 41.0 Å². The van der Waals surface area contributed by atoms with Gasteiger partial charge in [0.25, 0.3) is 0 Å². The molecule has 2 amide bonds. The van der Waals surface area contributed by atoms with E-state index in [1.54, 1.807) is 0 Å². The molecule has 0 unspecified atom stereocenters. The summed E-state index contributed by atoms with van der Waals surface area (Å²) in [5.41, 5.74) is 1.70. The molecule has 0 aromatic carbocycles. The Hall–Kier alpha value is -1.18. The summed E-state index contributed by atoms with van der Waals surface area (Å²) in [6.45, 7) is 16.7. The molecule has 148 valence electrons. The van der Waals surface area contributed by atoms with E-state index in [2.05, 4.69) is 16.1 Å². The van der Waals surface area contributed by atoms with Crippen molar-refractivity contribution in [3.63, 3.8) is 0 Å². The van der Waals surface area contributed by atoms with Crippen molar-refractivity contribution in [3.8, 4) is 0 Å². The Morgan fingerprint density at radius 2 is 1.52 bits per heavy atom. The first-order valence-corrected chi connectivity index (χ1v) is 8.81. The number of amides is 2. The summed E-state index contributed by atoms with van der Waals surface area (Å²) in [6.07, 6.45) is 0.648. The number of nitrogens with one attached hydrogen (secondary N) is 3. The molecule has 0 aromatic heterocycles. The first-order chi connectivity index (χ1) is 11.2. The number of carbonyl (C=O) groups is 2. The Labute approximate surface area is 152 Å². The van der Waals surface area contributed by atoms with Crippen LogP contribution in [0, 0.1) is 5.41 Å². The van der Waals surface area contributed by atoms with Crippen LogP contribution in [0.4, 0.5) is 0 Å². The average Bonchev–Trinajstić information content (AvgIpc) is 2.41. The predicted molar refractivity (Wildman–Crippen MR) is 99.0 cm³/mol. The van der Waals surface area contributed by atoms with Gasteiger partial charge >= 0.3 is 0 Å². The van der Waals surface area contributed by atoms with Gasteiger partial charge in [-0.2, -0.15) is 0 Å². The van der Waals surface area contributed by atoms with Crippen LogP contribution in [0.5, 0.6) is 0 Å². The first kappa shape index (κ1) is 23.8. The van der Waals surface area contributed by atoms with Crippen LogP contribution in [0.25, 0.3) is 0 Å². The van der Waals surface area contributed by atoms with E-state index in [1.165, 1.54) is 0 Å². The summed E-state index contributed by atoms with van der Waals surface area (Å²) in [6, 6.07) is 0. The molecule has 0 heterocycles. The van der Waals surface area contributed by atoms with E-state index in [0.29, 0.717) is 26.1 Å². The van der Waals surface area contributed by atoms with Crippen LogP contribution >= 0.6 is 0 Å². The highest BCUT2D eigenvalue weighted by molar-refractivity contribution is 5.81. The molecule has 0 saturated carbocycles. The van der Waals surface area contributed by atoms with Gasteiger partial charge in [0.15, 0.2) is 0 Å². The van der Waals surface area contributed by atoms with Crippen LogP contribution in [0.1, 0.15) is 61.8 Å². The van der Waals surface area contributed by atoms with Gasteiger partial charge in [-0.25, -0.2) is 5.48 Å². The lowest BCUT2D eigenvalue weighted by molar-refractivity contribution is -0.132. The smallest absolute Gasteiger partial charge is 0.246 e. The van der Waals surface area contributed by atoms with Gasteiger partial charge in [0.2, 0.25) is 11.8 Å². The highest BCUT2D eigenvalue weighted by Crippen LogP contribution is 2.12. The van der Waals surface area contributed by atoms with Gasteiger partial charge in [0.1, 0.15) is 6.61 Å². The fourth-order valence-corrected chi connectivity index (χ4v) is 1.70. The van der Waals surface area contributed by atoms with E-state index < -0.39 is 0 Å². The molecular weight excluding hydrogens is 322 g/mol. The van der Waals surface area contributed by atoms with Gasteiger partial charge < -0.3 is 20.2 Å². The second kappa shape index (κ2) is 10.1. The van der Waals surface area contributed by atoms with E-state index in [9.17, 15) is 9.59 Å². The minimum Gasteiger partial charge on any atom is -0.366 e. The Morgan fingerprint density at radius 1 is 0.920 bits per heavy atom. The molecule has 0 spiro atoms. The van der Waals surface area contributed by atoms with Gasteiger partial charge in [0, 0.05) is 24.0 Å². The summed E-state index contributed by atoms with van der Waals surface area (Å²) in [5, 5.41) is 5.76. The van der Waals surface area contributed by atoms with Gasteiger partial charge in [0.05, 0.1) is 12.2 Å². The van der Waals surface area contributed by atoms with Crippen molar-refractivity contribution >= 4 is 11.8 Å². The van der Waals surface area contributed by atoms with Crippen molar-refractivity contribution in [2.75, 3.05) is 26.3 Å². The lowest BCUT2D eigenvalue weighted by Crippen LogP contribution is -2.46. The average molecular weight is 360 g/mol. The van der Waals surface area contributed by atoms with E-state index in [4.69, 9.17) is 9.57 Å². The zero-order chi connectivity index (χ0) is 19.7. The first-order valence-electron chi connectivity index (χ1n) is 8.81. The van der Waals surface area contributed by atoms with E-state index in [-0.39, 0.29) is 35.0 Å². The monoisotopic (exact) mass is 359 g/mol. The third-order valence-electron chi connectivity index (χ3n) is 3.24. The van der Waals surface area contributed by atoms with Crippen molar-refractivity contribution in [1.29, 1.82) is 0 Å². The Kier molecular flexibility index (Phi) is 9.61. The molecule has 3 N–H and O–H groups in total. The number of carbonyl (C=O) groups excluding carboxylic acids is 2. The zero-order valence-electron chi connectivity index (χ0n) is 17.2. The van der Waals surface area contributed by atoms with E-state index in [1.807, 2.05) is 55.4 Å². The molecule has 0 aliphatic rings. The largest absolute Gasteiger partial charge is 0.366 e. The van der Waals surface area contributed by atoms with Gasteiger partial charge in [-0.1, -0.05) is 20.8 Å². The highest BCUT2D eigenvalue weighted by Gasteiger charge is 2.22. The highest BCUT2D eigenvalue weighted by atomic mass is 16.6. The Balaban J connectivity index is 3.82. The maximum absolute atomic E-state index is 11.9. The van der Waals surface area contributed by atoms with Crippen molar-refractivity contribution in [2.24, 2.45) is 5.41 Å². The van der Waals surface area contributed by atoms with Crippen LogP contribution in [-0.2, 0) is 19.2 Å². The number of hydrogen-bond acceptors (Lipinski definition) is 5. The molecule has 0 fully saturated rings. The second-order valence-electron chi connectivity index (χ2n) is 8.83. The second-order valence-corrected chi connectivity index (χ2v) is 8.83. The molecule has 0 aromatic rings. The van der Waals surface area contributed by atoms with Crippen molar-refractivity contribution < 1.29 is 19.2 Å².